The average molecular weight is 187 g/mol. The van der Waals surface area contributed by atoms with E-state index < -0.39 is 0 Å². The van der Waals surface area contributed by atoms with Gasteiger partial charge in [0.05, 0.1) is 0 Å². The highest BCUT2D eigenvalue weighted by Crippen LogP contribution is 2.18. The van der Waals surface area contributed by atoms with Gasteiger partial charge in [0.1, 0.15) is 0 Å². The van der Waals surface area contributed by atoms with Crippen molar-refractivity contribution in [2.45, 2.75) is 47.1 Å². The normalized spacial score (nSPS) is 12.2. The number of hydrogen-bond donors (Lipinski definition) is 1. The molecule has 0 aliphatic heterocycles. The monoisotopic (exact) mass is 187 g/mol. The molecule has 0 heterocycles. The summed E-state index contributed by atoms with van der Waals surface area (Å²) in [6, 6.07) is 0.530. The highest BCUT2D eigenvalue weighted by atomic mass is 32.1. The minimum absolute atomic E-state index is 0.329. The fourth-order valence-corrected chi connectivity index (χ4v) is 1.49. The van der Waals surface area contributed by atoms with E-state index in [0.717, 1.165) is 17.8 Å². The lowest BCUT2D eigenvalue weighted by Gasteiger charge is -2.19. The molecule has 0 unspecified atom stereocenters. The topological polar surface area (TPSA) is 12.0 Å². The van der Waals surface area contributed by atoms with E-state index in [2.05, 4.69) is 39.9 Å². The van der Waals surface area contributed by atoms with E-state index in [-0.39, 0.29) is 0 Å². The molecule has 0 radical (unpaired) electrons. The summed E-state index contributed by atoms with van der Waals surface area (Å²) in [6.07, 6.45) is 1.03. The highest BCUT2D eigenvalue weighted by molar-refractivity contribution is 7.80. The van der Waals surface area contributed by atoms with Crippen LogP contribution in [0.2, 0.25) is 0 Å². The Labute approximate surface area is 81.9 Å². The van der Waals surface area contributed by atoms with E-state index >= 15 is 0 Å². The molecule has 0 amide bonds. The summed E-state index contributed by atoms with van der Waals surface area (Å²) in [4.78, 5) is 1.14. The number of thiocarbonyl (C=S) groups is 1. The van der Waals surface area contributed by atoms with Crippen LogP contribution in [0.3, 0.4) is 0 Å². The van der Waals surface area contributed by atoms with E-state index in [1.54, 1.807) is 0 Å². The van der Waals surface area contributed by atoms with E-state index in [0.29, 0.717) is 11.5 Å². The summed E-state index contributed by atoms with van der Waals surface area (Å²) < 4.78 is 0. The summed E-state index contributed by atoms with van der Waals surface area (Å²) in [6.45, 7) is 11.8. The van der Waals surface area contributed by atoms with Crippen LogP contribution in [-0.4, -0.2) is 17.5 Å². The van der Waals surface area contributed by atoms with Gasteiger partial charge in [0.25, 0.3) is 0 Å². The van der Waals surface area contributed by atoms with Crippen LogP contribution in [0.5, 0.6) is 0 Å². The van der Waals surface area contributed by atoms with E-state index in [1.165, 1.54) is 0 Å². The lowest BCUT2D eigenvalue weighted by molar-refractivity contribution is 0.432. The molecule has 0 bridgehead atoms. The number of hydrogen-bond acceptors (Lipinski definition) is 2. The van der Waals surface area contributed by atoms with Crippen LogP contribution < -0.4 is 5.32 Å². The summed E-state index contributed by atoms with van der Waals surface area (Å²) in [5.74, 6) is 0. The summed E-state index contributed by atoms with van der Waals surface area (Å²) >= 11 is 5.26. The largest absolute Gasteiger partial charge is 0.310 e. The smallest absolute Gasteiger partial charge is 0.0271 e. The Morgan fingerprint density at radius 3 is 2.17 bits per heavy atom. The second-order valence-electron chi connectivity index (χ2n) is 4.81. The molecule has 0 aromatic heterocycles. The Bertz CT molecular complexity index is 144. The van der Waals surface area contributed by atoms with Crippen LogP contribution in [0, 0.1) is 5.41 Å². The third kappa shape index (κ3) is 8.15. The standard InChI is InChI=1S/C10H21NS/c1-8(2)11-7-9(12)6-10(3,4)5/h8,11H,6-7H2,1-5H3. The van der Waals surface area contributed by atoms with Crippen molar-refractivity contribution in [1.29, 1.82) is 0 Å². The second kappa shape index (κ2) is 4.93. The van der Waals surface area contributed by atoms with Crippen molar-refractivity contribution < 1.29 is 0 Å². The van der Waals surface area contributed by atoms with Crippen LogP contribution in [0.15, 0.2) is 0 Å². The maximum atomic E-state index is 5.26. The molecule has 0 fully saturated rings. The van der Waals surface area contributed by atoms with Gasteiger partial charge in [0.2, 0.25) is 0 Å². The van der Waals surface area contributed by atoms with Crippen molar-refractivity contribution in [3.05, 3.63) is 0 Å². The van der Waals surface area contributed by atoms with Crippen LogP contribution in [0.1, 0.15) is 41.0 Å². The fourth-order valence-electron chi connectivity index (χ4n) is 0.972. The van der Waals surface area contributed by atoms with Gasteiger partial charge in [0, 0.05) is 17.5 Å². The van der Waals surface area contributed by atoms with Crippen molar-refractivity contribution >= 4 is 17.1 Å². The van der Waals surface area contributed by atoms with Crippen LogP contribution in [0.4, 0.5) is 0 Å². The zero-order valence-corrected chi connectivity index (χ0v) is 9.72. The maximum Gasteiger partial charge on any atom is 0.0271 e. The van der Waals surface area contributed by atoms with Crippen LogP contribution >= 0.6 is 12.2 Å². The Hall–Kier alpha value is 0.0500. The summed E-state index contributed by atoms with van der Waals surface area (Å²) in [5.41, 5.74) is 0.329. The van der Waals surface area contributed by atoms with Crippen molar-refractivity contribution in [2.24, 2.45) is 5.41 Å². The SMILES string of the molecule is CC(C)NCC(=S)CC(C)(C)C. The molecule has 1 nitrogen and oxygen atoms in total. The second-order valence-corrected chi connectivity index (χ2v) is 5.39. The quantitative estimate of drug-likeness (QED) is 0.679. The Kier molecular flexibility index (Phi) is 4.95. The van der Waals surface area contributed by atoms with Crippen molar-refractivity contribution in [1.82, 2.24) is 5.32 Å². The first kappa shape index (κ1) is 12.0. The molecular formula is C10H21NS. The highest BCUT2D eigenvalue weighted by Gasteiger charge is 2.12. The van der Waals surface area contributed by atoms with Gasteiger partial charge in [-0.05, 0) is 11.8 Å². The molecule has 72 valence electrons. The maximum absolute atomic E-state index is 5.26. The summed E-state index contributed by atoms with van der Waals surface area (Å²) in [5, 5.41) is 3.33. The predicted molar refractivity (Wildman–Crippen MR) is 59.8 cm³/mol. The minimum Gasteiger partial charge on any atom is -0.310 e. The molecule has 0 saturated carbocycles. The first-order valence-electron chi connectivity index (χ1n) is 4.56. The van der Waals surface area contributed by atoms with Crippen LogP contribution in [-0.2, 0) is 0 Å². The van der Waals surface area contributed by atoms with Gasteiger partial charge in [-0.25, -0.2) is 0 Å². The molecule has 0 aromatic carbocycles. The molecule has 0 aliphatic carbocycles. The first-order chi connectivity index (χ1) is 5.31. The van der Waals surface area contributed by atoms with Gasteiger partial charge in [0.15, 0.2) is 0 Å². The molecule has 0 rings (SSSR count). The van der Waals surface area contributed by atoms with E-state index in [9.17, 15) is 0 Å². The Morgan fingerprint density at radius 1 is 1.33 bits per heavy atom. The molecule has 2 heteroatoms. The zero-order valence-electron chi connectivity index (χ0n) is 8.90. The van der Waals surface area contributed by atoms with Crippen LogP contribution in [0.25, 0.3) is 0 Å². The van der Waals surface area contributed by atoms with E-state index in [4.69, 9.17) is 12.2 Å². The molecule has 0 saturated heterocycles. The molecule has 12 heavy (non-hydrogen) atoms. The lowest BCUT2D eigenvalue weighted by atomic mass is 9.90. The van der Waals surface area contributed by atoms with Crippen molar-refractivity contribution in [3.8, 4) is 0 Å². The minimum atomic E-state index is 0.329. The van der Waals surface area contributed by atoms with Gasteiger partial charge < -0.3 is 5.32 Å². The van der Waals surface area contributed by atoms with Gasteiger partial charge in [-0.3, -0.25) is 0 Å². The predicted octanol–water partition coefficient (Wildman–Crippen LogP) is 2.79. The Balaban J connectivity index is 3.61. The zero-order chi connectivity index (χ0) is 9.78. The third-order valence-corrected chi connectivity index (χ3v) is 1.72. The molecule has 0 aliphatic rings. The van der Waals surface area contributed by atoms with Gasteiger partial charge in [-0.1, -0.05) is 46.8 Å². The van der Waals surface area contributed by atoms with Gasteiger partial charge in [-0.15, -0.1) is 0 Å². The Morgan fingerprint density at radius 2 is 1.83 bits per heavy atom. The third-order valence-electron chi connectivity index (χ3n) is 1.43. The molecule has 1 N–H and O–H groups in total. The molecule has 0 aromatic rings. The number of nitrogens with one attached hydrogen (secondary N) is 1. The van der Waals surface area contributed by atoms with Gasteiger partial charge in [-0.2, -0.15) is 0 Å². The van der Waals surface area contributed by atoms with Gasteiger partial charge >= 0.3 is 0 Å². The average Bonchev–Trinajstić information content (AvgIpc) is 1.79. The molecule has 0 atom stereocenters. The van der Waals surface area contributed by atoms with Crippen molar-refractivity contribution in [2.75, 3.05) is 6.54 Å². The molecular weight excluding hydrogens is 166 g/mol. The lowest BCUT2D eigenvalue weighted by Crippen LogP contribution is -2.30. The first-order valence-corrected chi connectivity index (χ1v) is 4.97. The summed E-state index contributed by atoms with van der Waals surface area (Å²) in [7, 11) is 0. The fraction of sp³-hybridized carbons (Fsp3) is 0.900. The van der Waals surface area contributed by atoms with E-state index in [1.807, 2.05) is 0 Å². The van der Waals surface area contributed by atoms with Crippen molar-refractivity contribution in [3.63, 3.8) is 0 Å². The molecule has 0 spiro atoms. The number of rotatable bonds is 4.